The standard InChI is InChI=1S/C19H20ClNO2/c1-21-12-11-17(14-7-9-15(20)10-8-14)18(13-21)19(22)23-16-5-3-2-4-6-16/h2-10,17-18H,11-13H2,1H3/t17-,18?/m1/s1. The number of carbonyl (C=O) groups excluding carboxylic acids is 1. The summed E-state index contributed by atoms with van der Waals surface area (Å²) in [5, 5.41) is 0.713. The molecule has 1 heterocycles. The van der Waals surface area contributed by atoms with Gasteiger partial charge >= 0.3 is 5.97 Å². The molecule has 1 aliphatic heterocycles. The maximum absolute atomic E-state index is 12.7. The first kappa shape index (κ1) is 16.0. The molecule has 4 heteroatoms. The van der Waals surface area contributed by atoms with E-state index in [1.165, 1.54) is 0 Å². The van der Waals surface area contributed by atoms with Crippen LogP contribution in [0.1, 0.15) is 17.9 Å². The van der Waals surface area contributed by atoms with Gasteiger partial charge in [0.2, 0.25) is 0 Å². The Balaban J connectivity index is 1.80. The van der Waals surface area contributed by atoms with Crippen molar-refractivity contribution in [2.24, 2.45) is 5.92 Å². The lowest BCUT2D eigenvalue weighted by molar-refractivity contribution is -0.141. The molecule has 0 spiro atoms. The van der Waals surface area contributed by atoms with Crippen molar-refractivity contribution < 1.29 is 9.53 Å². The zero-order valence-corrected chi connectivity index (χ0v) is 13.9. The highest BCUT2D eigenvalue weighted by Gasteiger charge is 2.35. The predicted molar refractivity (Wildman–Crippen MR) is 91.9 cm³/mol. The van der Waals surface area contributed by atoms with Crippen LogP contribution in [0.5, 0.6) is 5.75 Å². The molecule has 2 aromatic rings. The van der Waals surface area contributed by atoms with Gasteiger partial charge in [-0.15, -0.1) is 0 Å². The number of halogens is 1. The molecule has 23 heavy (non-hydrogen) atoms. The summed E-state index contributed by atoms with van der Waals surface area (Å²) in [4.78, 5) is 14.9. The van der Waals surface area contributed by atoms with E-state index in [-0.39, 0.29) is 17.8 Å². The number of piperidine rings is 1. The third-order valence-corrected chi connectivity index (χ3v) is 4.63. The molecule has 1 aliphatic rings. The minimum absolute atomic E-state index is 0.164. The number of hydrogen-bond donors (Lipinski definition) is 0. The molecule has 0 aliphatic carbocycles. The van der Waals surface area contributed by atoms with Gasteiger partial charge < -0.3 is 9.64 Å². The smallest absolute Gasteiger partial charge is 0.316 e. The Bertz CT molecular complexity index is 657. The van der Waals surface area contributed by atoms with Crippen LogP contribution in [0.4, 0.5) is 0 Å². The average Bonchev–Trinajstić information content (AvgIpc) is 2.56. The lowest BCUT2D eigenvalue weighted by Gasteiger charge is -2.35. The number of likely N-dealkylation sites (tertiary alicyclic amines) is 1. The van der Waals surface area contributed by atoms with E-state index in [2.05, 4.69) is 4.90 Å². The third-order valence-electron chi connectivity index (χ3n) is 4.38. The van der Waals surface area contributed by atoms with Crippen molar-refractivity contribution in [3.63, 3.8) is 0 Å². The van der Waals surface area contributed by atoms with Gasteiger partial charge in [-0.3, -0.25) is 4.79 Å². The maximum Gasteiger partial charge on any atom is 0.316 e. The van der Waals surface area contributed by atoms with E-state index in [4.69, 9.17) is 16.3 Å². The monoisotopic (exact) mass is 329 g/mol. The first-order chi connectivity index (χ1) is 11.1. The second-order valence-electron chi connectivity index (χ2n) is 6.05. The molecule has 0 bridgehead atoms. The molecule has 2 aromatic carbocycles. The lowest BCUT2D eigenvalue weighted by atomic mass is 9.80. The Morgan fingerprint density at radius 3 is 2.52 bits per heavy atom. The summed E-state index contributed by atoms with van der Waals surface area (Å²) in [5.74, 6) is 0.429. The molecular weight excluding hydrogens is 310 g/mol. The fraction of sp³-hybridized carbons (Fsp3) is 0.316. The van der Waals surface area contributed by atoms with E-state index in [1.807, 2.05) is 61.6 Å². The minimum Gasteiger partial charge on any atom is -0.426 e. The SMILES string of the molecule is CN1CC[C@H](c2ccc(Cl)cc2)C(C(=O)Oc2ccccc2)C1. The van der Waals surface area contributed by atoms with E-state index in [0.29, 0.717) is 17.3 Å². The number of ether oxygens (including phenoxy) is 1. The molecule has 0 aromatic heterocycles. The molecule has 0 N–H and O–H groups in total. The van der Waals surface area contributed by atoms with Crippen molar-refractivity contribution in [1.82, 2.24) is 4.90 Å². The number of nitrogens with zero attached hydrogens (tertiary/aromatic N) is 1. The summed E-state index contributed by atoms with van der Waals surface area (Å²) < 4.78 is 5.59. The van der Waals surface area contributed by atoms with Crippen LogP contribution >= 0.6 is 11.6 Å². The first-order valence-corrected chi connectivity index (χ1v) is 8.22. The van der Waals surface area contributed by atoms with Gasteiger partial charge in [-0.25, -0.2) is 0 Å². The largest absolute Gasteiger partial charge is 0.426 e. The Labute approximate surface area is 141 Å². The highest BCUT2D eigenvalue weighted by molar-refractivity contribution is 6.30. The highest BCUT2D eigenvalue weighted by Crippen LogP contribution is 2.34. The average molecular weight is 330 g/mol. The molecule has 2 atom stereocenters. The molecule has 0 amide bonds. The van der Waals surface area contributed by atoms with Gasteiger partial charge in [-0.05, 0) is 55.8 Å². The minimum atomic E-state index is -0.171. The Hall–Kier alpha value is -1.84. The fourth-order valence-electron chi connectivity index (χ4n) is 3.14. The van der Waals surface area contributed by atoms with E-state index >= 15 is 0 Å². The molecule has 1 saturated heterocycles. The van der Waals surface area contributed by atoms with Crippen molar-refractivity contribution >= 4 is 17.6 Å². The maximum atomic E-state index is 12.7. The number of esters is 1. The van der Waals surface area contributed by atoms with Crippen molar-refractivity contribution in [2.45, 2.75) is 12.3 Å². The molecule has 1 fully saturated rings. The van der Waals surface area contributed by atoms with Crippen molar-refractivity contribution in [3.05, 3.63) is 65.2 Å². The molecule has 0 saturated carbocycles. The lowest BCUT2D eigenvalue weighted by Crippen LogP contribution is -2.42. The number of hydrogen-bond acceptors (Lipinski definition) is 3. The van der Waals surface area contributed by atoms with E-state index in [1.54, 1.807) is 0 Å². The van der Waals surface area contributed by atoms with Gasteiger partial charge in [0.15, 0.2) is 0 Å². The van der Waals surface area contributed by atoms with Crippen molar-refractivity contribution in [2.75, 3.05) is 20.1 Å². The molecule has 0 radical (unpaired) electrons. The zero-order valence-electron chi connectivity index (χ0n) is 13.1. The van der Waals surface area contributed by atoms with Crippen LogP contribution in [0.15, 0.2) is 54.6 Å². The molecular formula is C19H20ClNO2. The second-order valence-corrected chi connectivity index (χ2v) is 6.49. The highest BCUT2D eigenvalue weighted by atomic mass is 35.5. The van der Waals surface area contributed by atoms with Crippen LogP contribution in [0.3, 0.4) is 0 Å². The van der Waals surface area contributed by atoms with Crippen LogP contribution in [-0.4, -0.2) is 31.0 Å². The predicted octanol–water partition coefficient (Wildman–Crippen LogP) is 3.98. The summed E-state index contributed by atoms with van der Waals surface area (Å²) in [7, 11) is 2.04. The van der Waals surface area contributed by atoms with Crippen LogP contribution in [0.25, 0.3) is 0 Å². The van der Waals surface area contributed by atoms with Crippen LogP contribution in [-0.2, 0) is 4.79 Å². The first-order valence-electron chi connectivity index (χ1n) is 7.84. The normalized spacial score (nSPS) is 21.8. The van der Waals surface area contributed by atoms with Crippen molar-refractivity contribution in [1.29, 1.82) is 0 Å². The Morgan fingerprint density at radius 2 is 1.83 bits per heavy atom. The summed E-state index contributed by atoms with van der Waals surface area (Å²) >= 11 is 5.98. The Kier molecular flexibility index (Phi) is 4.99. The molecule has 1 unspecified atom stereocenters. The summed E-state index contributed by atoms with van der Waals surface area (Å²) in [6.07, 6.45) is 0.937. The topological polar surface area (TPSA) is 29.5 Å². The van der Waals surface area contributed by atoms with Gasteiger partial charge in [-0.2, -0.15) is 0 Å². The number of rotatable bonds is 3. The Morgan fingerprint density at radius 1 is 1.13 bits per heavy atom. The van der Waals surface area contributed by atoms with Gasteiger partial charge in [0.05, 0.1) is 5.92 Å². The third kappa shape index (κ3) is 3.92. The van der Waals surface area contributed by atoms with E-state index in [9.17, 15) is 4.79 Å². The van der Waals surface area contributed by atoms with Crippen molar-refractivity contribution in [3.8, 4) is 5.75 Å². The fourth-order valence-corrected chi connectivity index (χ4v) is 3.27. The summed E-state index contributed by atoms with van der Waals surface area (Å²) in [6, 6.07) is 17.1. The number of para-hydroxylation sites is 1. The molecule has 3 nitrogen and oxygen atoms in total. The van der Waals surface area contributed by atoms with E-state index in [0.717, 1.165) is 18.5 Å². The quantitative estimate of drug-likeness (QED) is 0.630. The molecule has 120 valence electrons. The van der Waals surface area contributed by atoms with Crippen LogP contribution in [0.2, 0.25) is 5.02 Å². The second kappa shape index (κ2) is 7.16. The molecule has 3 rings (SSSR count). The van der Waals surface area contributed by atoms with Gasteiger partial charge in [0.25, 0.3) is 0 Å². The van der Waals surface area contributed by atoms with Gasteiger partial charge in [0, 0.05) is 11.6 Å². The van der Waals surface area contributed by atoms with Crippen LogP contribution in [0, 0.1) is 5.92 Å². The van der Waals surface area contributed by atoms with Gasteiger partial charge in [0.1, 0.15) is 5.75 Å². The van der Waals surface area contributed by atoms with Gasteiger partial charge in [-0.1, -0.05) is 41.9 Å². The van der Waals surface area contributed by atoms with E-state index < -0.39 is 0 Å². The number of carbonyl (C=O) groups is 1. The number of benzene rings is 2. The van der Waals surface area contributed by atoms with Crippen LogP contribution < -0.4 is 4.74 Å². The summed E-state index contributed by atoms with van der Waals surface area (Å²) in [6.45, 7) is 1.68. The summed E-state index contributed by atoms with van der Waals surface area (Å²) in [5.41, 5.74) is 1.15. The zero-order chi connectivity index (χ0) is 16.2.